The van der Waals surface area contributed by atoms with Gasteiger partial charge in [0.1, 0.15) is 5.82 Å². The lowest BCUT2D eigenvalue weighted by Gasteiger charge is -2.08. The zero-order chi connectivity index (χ0) is 11.7. The number of halogens is 3. The summed E-state index contributed by atoms with van der Waals surface area (Å²) in [5, 5.41) is 0.828. The lowest BCUT2D eigenvalue weighted by Crippen LogP contribution is -1.92. The molecule has 0 unspecified atom stereocenters. The fourth-order valence-corrected chi connectivity index (χ4v) is 1.79. The average molecular weight is 256 g/mol. The smallest absolute Gasteiger partial charge is 0.125 e. The van der Waals surface area contributed by atoms with Gasteiger partial charge in [0.25, 0.3) is 0 Å². The van der Waals surface area contributed by atoms with Crippen molar-refractivity contribution in [2.75, 3.05) is 5.73 Å². The molecule has 0 saturated heterocycles. The normalized spacial score (nSPS) is 10.4. The van der Waals surface area contributed by atoms with Gasteiger partial charge in [0.05, 0.1) is 10.7 Å². The first kappa shape index (κ1) is 11.2. The molecule has 0 atom stereocenters. The van der Waals surface area contributed by atoms with E-state index in [2.05, 4.69) is 0 Å². The van der Waals surface area contributed by atoms with Crippen LogP contribution in [0.1, 0.15) is 0 Å². The van der Waals surface area contributed by atoms with Gasteiger partial charge in [-0.1, -0.05) is 35.3 Å². The van der Waals surface area contributed by atoms with E-state index in [-0.39, 0.29) is 5.02 Å². The lowest BCUT2D eigenvalue weighted by atomic mass is 10.0. The Labute approximate surface area is 103 Å². The van der Waals surface area contributed by atoms with Gasteiger partial charge >= 0.3 is 0 Å². The van der Waals surface area contributed by atoms with Crippen LogP contribution in [0.5, 0.6) is 0 Å². The number of rotatable bonds is 1. The molecule has 2 aromatic rings. The minimum absolute atomic E-state index is 0.213. The van der Waals surface area contributed by atoms with Gasteiger partial charge in [0.2, 0.25) is 0 Å². The molecule has 0 heterocycles. The van der Waals surface area contributed by atoms with Crippen LogP contribution in [0.4, 0.5) is 10.1 Å². The van der Waals surface area contributed by atoms with Crippen molar-refractivity contribution in [1.29, 1.82) is 0 Å². The molecule has 0 radical (unpaired) electrons. The Morgan fingerprint density at radius 3 is 2.25 bits per heavy atom. The fraction of sp³-hybridized carbons (Fsp3) is 0. The van der Waals surface area contributed by atoms with Crippen LogP contribution >= 0.6 is 23.2 Å². The van der Waals surface area contributed by atoms with Crippen molar-refractivity contribution in [2.24, 2.45) is 0 Å². The van der Waals surface area contributed by atoms with Gasteiger partial charge in [0.15, 0.2) is 0 Å². The van der Waals surface area contributed by atoms with Crippen LogP contribution in [0.15, 0.2) is 36.4 Å². The molecule has 0 saturated carbocycles. The Hall–Kier alpha value is -1.25. The molecule has 2 rings (SSSR count). The van der Waals surface area contributed by atoms with Crippen LogP contribution in [0.3, 0.4) is 0 Å². The maximum absolute atomic E-state index is 13.2. The van der Waals surface area contributed by atoms with Gasteiger partial charge in [-0.2, -0.15) is 0 Å². The Bertz CT molecular complexity index is 523. The van der Waals surface area contributed by atoms with Gasteiger partial charge in [0, 0.05) is 10.6 Å². The second-order valence-electron chi connectivity index (χ2n) is 3.36. The van der Waals surface area contributed by atoms with Crippen molar-refractivity contribution in [1.82, 2.24) is 0 Å². The largest absolute Gasteiger partial charge is 0.397 e. The number of anilines is 1. The monoisotopic (exact) mass is 255 g/mol. The molecule has 0 amide bonds. The lowest BCUT2D eigenvalue weighted by molar-refractivity contribution is 0.628. The summed E-state index contributed by atoms with van der Waals surface area (Å²) in [6, 6.07) is 9.51. The predicted octanol–water partition coefficient (Wildman–Crippen LogP) is 4.38. The number of hydrogen-bond donors (Lipinski definition) is 1. The van der Waals surface area contributed by atoms with Crippen molar-refractivity contribution >= 4 is 28.9 Å². The topological polar surface area (TPSA) is 26.0 Å². The first-order valence-electron chi connectivity index (χ1n) is 4.58. The van der Waals surface area contributed by atoms with E-state index in [1.807, 2.05) is 0 Å². The van der Waals surface area contributed by atoms with Crippen LogP contribution in [-0.4, -0.2) is 0 Å². The molecule has 2 aromatic carbocycles. The van der Waals surface area contributed by atoms with E-state index in [1.54, 1.807) is 24.3 Å². The minimum Gasteiger partial charge on any atom is -0.397 e. The number of nitrogens with two attached hydrogens (primary N) is 1. The third-order valence-corrected chi connectivity index (χ3v) is 2.81. The third kappa shape index (κ3) is 2.13. The van der Waals surface area contributed by atoms with Gasteiger partial charge in [-0.25, -0.2) is 4.39 Å². The zero-order valence-electron chi connectivity index (χ0n) is 8.18. The molecule has 4 heteroatoms. The Kier molecular flexibility index (Phi) is 3.03. The fourth-order valence-electron chi connectivity index (χ4n) is 1.45. The first-order valence-corrected chi connectivity index (χ1v) is 5.34. The van der Waals surface area contributed by atoms with Gasteiger partial charge in [-0.15, -0.1) is 0 Å². The van der Waals surface area contributed by atoms with E-state index in [0.29, 0.717) is 16.3 Å². The molecule has 2 N–H and O–H groups in total. The molecule has 0 aliphatic carbocycles. The van der Waals surface area contributed by atoms with Crippen LogP contribution in [-0.2, 0) is 0 Å². The molecular formula is C12H8Cl2FN. The van der Waals surface area contributed by atoms with Gasteiger partial charge < -0.3 is 5.73 Å². The molecule has 0 fully saturated rings. The van der Waals surface area contributed by atoms with Gasteiger partial charge in [-0.3, -0.25) is 0 Å². The van der Waals surface area contributed by atoms with Crippen molar-refractivity contribution < 1.29 is 4.39 Å². The zero-order valence-corrected chi connectivity index (χ0v) is 9.69. The van der Waals surface area contributed by atoms with E-state index < -0.39 is 5.82 Å². The molecule has 0 spiro atoms. The summed E-state index contributed by atoms with van der Waals surface area (Å²) in [6.07, 6.45) is 0. The quantitative estimate of drug-likeness (QED) is 0.752. The summed E-state index contributed by atoms with van der Waals surface area (Å²) in [5.74, 6) is -0.413. The second-order valence-corrected chi connectivity index (χ2v) is 4.20. The van der Waals surface area contributed by atoms with E-state index in [0.717, 1.165) is 5.56 Å². The highest BCUT2D eigenvalue weighted by Crippen LogP contribution is 2.33. The highest BCUT2D eigenvalue weighted by atomic mass is 35.5. The molecule has 16 heavy (non-hydrogen) atoms. The molecule has 0 aliphatic heterocycles. The van der Waals surface area contributed by atoms with E-state index in [1.165, 1.54) is 12.1 Å². The van der Waals surface area contributed by atoms with Crippen LogP contribution < -0.4 is 5.73 Å². The number of hydrogen-bond acceptors (Lipinski definition) is 1. The molecular weight excluding hydrogens is 248 g/mol. The summed E-state index contributed by atoms with van der Waals surface area (Å²) >= 11 is 11.6. The Morgan fingerprint density at radius 1 is 1.00 bits per heavy atom. The number of nitrogen functional groups attached to an aromatic ring is 1. The second kappa shape index (κ2) is 4.32. The molecule has 0 aliphatic rings. The van der Waals surface area contributed by atoms with Crippen LogP contribution in [0.2, 0.25) is 10.0 Å². The summed E-state index contributed by atoms with van der Waals surface area (Å²) in [7, 11) is 0. The van der Waals surface area contributed by atoms with Crippen molar-refractivity contribution in [2.45, 2.75) is 0 Å². The molecule has 0 bridgehead atoms. The summed E-state index contributed by atoms with van der Waals surface area (Å²) < 4.78 is 13.2. The standard InChI is InChI=1S/C12H8Cl2FN/c13-8-3-1-7(2-4-8)10-5-9(15)6-11(14)12(10)16/h1-6H,16H2. The van der Waals surface area contributed by atoms with E-state index in [9.17, 15) is 4.39 Å². The third-order valence-electron chi connectivity index (χ3n) is 2.25. The van der Waals surface area contributed by atoms with Gasteiger partial charge in [-0.05, 0) is 29.8 Å². The summed E-state index contributed by atoms with van der Waals surface area (Å²) in [4.78, 5) is 0. The maximum atomic E-state index is 13.2. The number of benzene rings is 2. The van der Waals surface area contributed by atoms with Crippen molar-refractivity contribution in [3.05, 3.63) is 52.3 Å². The Balaban J connectivity index is 2.59. The predicted molar refractivity (Wildman–Crippen MR) is 66.3 cm³/mol. The van der Waals surface area contributed by atoms with Crippen LogP contribution in [0.25, 0.3) is 11.1 Å². The minimum atomic E-state index is -0.413. The SMILES string of the molecule is Nc1c(Cl)cc(F)cc1-c1ccc(Cl)cc1. The molecule has 82 valence electrons. The van der Waals surface area contributed by atoms with Crippen LogP contribution in [0, 0.1) is 5.82 Å². The van der Waals surface area contributed by atoms with E-state index in [4.69, 9.17) is 28.9 Å². The Morgan fingerprint density at radius 2 is 1.62 bits per heavy atom. The summed E-state index contributed by atoms with van der Waals surface area (Å²) in [5.41, 5.74) is 7.51. The first-order chi connectivity index (χ1) is 7.58. The maximum Gasteiger partial charge on any atom is 0.125 e. The van der Waals surface area contributed by atoms with Crippen molar-refractivity contribution in [3.63, 3.8) is 0 Å². The molecule has 1 nitrogen and oxygen atoms in total. The van der Waals surface area contributed by atoms with Crippen molar-refractivity contribution in [3.8, 4) is 11.1 Å². The summed E-state index contributed by atoms with van der Waals surface area (Å²) in [6.45, 7) is 0. The highest BCUT2D eigenvalue weighted by Gasteiger charge is 2.08. The average Bonchev–Trinajstić information content (AvgIpc) is 2.25. The van der Waals surface area contributed by atoms with E-state index >= 15 is 0 Å². The highest BCUT2D eigenvalue weighted by molar-refractivity contribution is 6.33. The molecule has 0 aromatic heterocycles.